The van der Waals surface area contributed by atoms with Gasteiger partial charge in [-0.3, -0.25) is 14.5 Å². The standard InChI is InChI=1S/C18H15FN2O3S/c19-14-7-6-12(10-15(14)24-13-4-2-1-3-5-13)11-16-17(22)21(9-8-20)18(23)25-16/h1-7,10-11H,8-9,20H2. The second-order valence-electron chi connectivity index (χ2n) is 5.23. The molecule has 7 heteroatoms. The highest BCUT2D eigenvalue weighted by atomic mass is 32.2. The van der Waals surface area contributed by atoms with E-state index < -0.39 is 11.7 Å². The molecule has 2 N–H and O–H groups in total. The zero-order valence-electron chi connectivity index (χ0n) is 13.1. The number of carbonyl (C=O) groups excluding carboxylic acids is 2. The van der Waals surface area contributed by atoms with Crippen molar-refractivity contribution in [2.24, 2.45) is 5.73 Å². The summed E-state index contributed by atoms with van der Waals surface area (Å²) in [7, 11) is 0. The third kappa shape index (κ3) is 3.89. The van der Waals surface area contributed by atoms with Gasteiger partial charge in [0.2, 0.25) is 0 Å². The van der Waals surface area contributed by atoms with Crippen molar-refractivity contribution in [3.05, 3.63) is 64.8 Å². The van der Waals surface area contributed by atoms with Crippen LogP contribution in [-0.4, -0.2) is 29.1 Å². The second-order valence-corrected chi connectivity index (χ2v) is 6.22. The molecule has 2 aromatic rings. The van der Waals surface area contributed by atoms with Crippen molar-refractivity contribution < 1.29 is 18.7 Å². The molecule has 2 amide bonds. The summed E-state index contributed by atoms with van der Waals surface area (Å²) in [6.07, 6.45) is 1.54. The summed E-state index contributed by atoms with van der Waals surface area (Å²) in [4.78, 5) is 25.4. The van der Waals surface area contributed by atoms with Crippen molar-refractivity contribution in [3.8, 4) is 11.5 Å². The molecular weight excluding hydrogens is 343 g/mol. The summed E-state index contributed by atoms with van der Waals surface area (Å²) in [5.41, 5.74) is 5.97. The number of amides is 2. The van der Waals surface area contributed by atoms with Gasteiger partial charge in [0.05, 0.1) is 4.91 Å². The predicted molar refractivity (Wildman–Crippen MR) is 94.6 cm³/mol. The minimum atomic E-state index is -0.516. The summed E-state index contributed by atoms with van der Waals surface area (Å²) in [6.45, 7) is 0.380. The van der Waals surface area contributed by atoms with Crippen molar-refractivity contribution in [2.75, 3.05) is 13.1 Å². The summed E-state index contributed by atoms with van der Waals surface area (Å²) in [6, 6.07) is 13.1. The molecule has 2 aromatic carbocycles. The van der Waals surface area contributed by atoms with E-state index in [9.17, 15) is 14.0 Å². The van der Waals surface area contributed by atoms with Crippen LogP contribution in [0.2, 0.25) is 0 Å². The van der Waals surface area contributed by atoms with E-state index >= 15 is 0 Å². The van der Waals surface area contributed by atoms with Gasteiger partial charge in [0.15, 0.2) is 11.6 Å². The molecule has 1 fully saturated rings. The van der Waals surface area contributed by atoms with E-state index in [1.807, 2.05) is 6.07 Å². The molecule has 0 bridgehead atoms. The molecule has 0 spiro atoms. The van der Waals surface area contributed by atoms with Gasteiger partial charge >= 0.3 is 0 Å². The second kappa shape index (κ2) is 7.50. The quantitative estimate of drug-likeness (QED) is 0.827. The fourth-order valence-corrected chi connectivity index (χ4v) is 3.14. The number of nitrogens with two attached hydrogens (primary N) is 1. The lowest BCUT2D eigenvalue weighted by Gasteiger charge is -2.09. The minimum absolute atomic E-state index is 0.0427. The number of hydrogen-bond acceptors (Lipinski definition) is 5. The highest BCUT2D eigenvalue weighted by Crippen LogP contribution is 2.33. The number of carbonyl (C=O) groups is 2. The molecule has 0 unspecified atom stereocenters. The number of thioether (sulfide) groups is 1. The first-order valence-electron chi connectivity index (χ1n) is 7.56. The van der Waals surface area contributed by atoms with Crippen LogP contribution in [-0.2, 0) is 4.79 Å². The Morgan fingerprint density at radius 1 is 1.16 bits per heavy atom. The Kier molecular flexibility index (Phi) is 5.16. The molecule has 0 radical (unpaired) electrons. The van der Waals surface area contributed by atoms with Crippen molar-refractivity contribution >= 4 is 29.0 Å². The molecular formula is C18H15FN2O3S. The van der Waals surface area contributed by atoms with Crippen molar-refractivity contribution in [3.63, 3.8) is 0 Å². The highest BCUT2D eigenvalue weighted by molar-refractivity contribution is 8.18. The van der Waals surface area contributed by atoms with E-state index in [0.717, 1.165) is 16.7 Å². The first kappa shape index (κ1) is 17.2. The zero-order valence-corrected chi connectivity index (χ0v) is 14.0. The van der Waals surface area contributed by atoms with Gasteiger partial charge in [-0.2, -0.15) is 0 Å². The molecule has 0 atom stereocenters. The number of nitrogens with zero attached hydrogens (tertiary/aromatic N) is 1. The monoisotopic (exact) mass is 358 g/mol. The molecule has 128 valence electrons. The van der Waals surface area contributed by atoms with Crippen LogP contribution in [0, 0.1) is 5.82 Å². The van der Waals surface area contributed by atoms with Gasteiger partial charge in [0, 0.05) is 13.1 Å². The Hall–Kier alpha value is -2.64. The van der Waals surface area contributed by atoms with Crippen LogP contribution in [0.25, 0.3) is 6.08 Å². The van der Waals surface area contributed by atoms with Crippen LogP contribution < -0.4 is 10.5 Å². The van der Waals surface area contributed by atoms with Crippen molar-refractivity contribution in [2.45, 2.75) is 0 Å². The maximum absolute atomic E-state index is 14.0. The summed E-state index contributed by atoms with van der Waals surface area (Å²) in [5, 5.41) is -0.357. The number of rotatable bonds is 5. The zero-order chi connectivity index (χ0) is 17.8. The van der Waals surface area contributed by atoms with Crippen LogP contribution >= 0.6 is 11.8 Å². The van der Waals surface area contributed by atoms with E-state index in [1.165, 1.54) is 18.2 Å². The number of hydrogen-bond donors (Lipinski definition) is 1. The first-order valence-corrected chi connectivity index (χ1v) is 8.38. The molecule has 5 nitrogen and oxygen atoms in total. The third-order valence-electron chi connectivity index (χ3n) is 3.45. The summed E-state index contributed by atoms with van der Waals surface area (Å²) >= 11 is 0.839. The molecule has 0 aromatic heterocycles. The van der Waals surface area contributed by atoms with Gasteiger partial charge < -0.3 is 10.5 Å². The molecule has 1 aliphatic heterocycles. The van der Waals surface area contributed by atoms with E-state index in [0.29, 0.717) is 11.3 Å². The molecule has 1 heterocycles. The van der Waals surface area contributed by atoms with Crippen LogP contribution in [0.3, 0.4) is 0 Å². The molecule has 0 saturated carbocycles. The Labute approximate surface area is 148 Å². The number of benzene rings is 2. The smallest absolute Gasteiger partial charge is 0.293 e. The molecule has 1 aliphatic rings. The van der Waals surface area contributed by atoms with Gasteiger partial charge in [-0.05, 0) is 47.7 Å². The lowest BCUT2D eigenvalue weighted by atomic mass is 10.2. The first-order chi connectivity index (χ1) is 12.1. The van der Waals surface area contributed by atoms with Crippen LogP contribution in [0.1, 0.15) is 5.56 Å². The average Bonchev–Trinajstić information content (AvgIpc) is 2.87. The molecule has 25 heavy (non-hydrogen) atoms. The molecule has 0 aliphatic carbocycles. The van der Waals surface area contributed by atoms with Gasteiger partial charge in [-0.1, -0.05) is 24.3 Å². The maximum Gasteiger partial charge on any atom is 0.293 e. The van der Waals surface area contributed by atoms with Gasteiger partial charge in [0.25, 0.3) is 11.1 Å². The van der Waals surface area contributed by atoms with E-state index in [-0.39, 0.29) is 29.0 Å². The maximum atomic E-state index is 14.0. The Balaban J connectivity index is 1.85. The number of para-hydroxylation sites is 1. The number of imide groups is 1. The van der Waals surface area contributed by atoms with Crippen LogP contribution in [0.4, 0.5) is 9.18 Å². The number of ether oxygens (including phenoxy) is 1. The van der Waals surface area contributed by atoms with Gasteiger partial charge in [-0.15, -0.1) is 0 Å². The summed E-state index contributed by atoms with van der Waals surface area (Å²) < 4.78 is 19.5. The largest absolute Gasteiger partial charge is 0.454 e. The Bertz CT molecular complexity index is 839. The molecule has 1 saturated heterocycles. The normalized spacial score (nSPS) is 15.9. The van der Waals surface area contributed by atoms with Crippen LogP contribution in [0.5, 0.6) is 11.5 Å². The summed E-state index contributed by atoms with van der Waals surface area (Å²) in [5.74, 6) is -0.365. The third-order valence-corrected chi connectivity index (χ3v) is 4.36. The van der Waals surface area contributed by atoms with E-state index in [4.69, 9.17) is 10.5 Å². The predicted octanol–water partition coefficient (Wildman–Crippen LogP) is 3.61. The van der Waals surface area contributed by atoms with Gasteiger partial charge in [-0.25, -0.2) is 4.39 Å². The number of halogens is 1. The van der Waals surface area contributed by atoms with Crippen molar-refractivity contribution in [1.29, 1.82) is 0 Å². The highest BCUT2D eigenvalue weighted by Gasteiger charge is 2.34. The lowest BCUT2D eigenvalue weighted by Crippen LogP contribution is -2.33. The van der Waals surface area contributed by atoms with E-state index in [2.05, 4.69) is 0 Å². The van der Waals surface area contributed by atoms with Gasteiger partial charge in [0.1, 0.15) is 5.75 Å². The Morgan fingerprint density at radius 2 is 1.92 bits per heavy atom. The lowest BCUT2D eigenvalue weighted by molar-refractivity contribution is -0.122. The van der Waals surface area contributed by atoms with Crippen molar-refractivity contribution in [1.82, 2.24) is 4.90 Å². The topological polar surface area (TPSA) is 72.6 Å². The molecule has 3 rings (SSSR count). The minimum Gasteiger partial charge on any atom is -0.454 e. The fraction of sp³-hybridized carbons (Fsp3) is 0.111. The Morgan fingerprint density at radius 3 is 2.64 bits per heavy atom. The fourth-order valence-electron chi connectivity index (χ4n) is 2.28. The van der Waals surface area contributed by atoms with Crippen LogP contribution in [0.15, 0.2) is 53.4 Å². The average molecular weight is 358 g/mol. The SMILES string of the molecule is NCCN1C(=O)SC(=Cc2ccc(F)c(Oc3ccccc3)c2)C1=O. The van der Waals surface area contributed by atoms with E-state index in [1.54, 1.807) is 30.3 Å².